The van der Waals surface area contributed by atoms with Crippen molar-refractivity contribution in [3.8, 4) is 22.6 Å². The third kappa shape index (κ3) is 4.68. The van der Waals surface area contributed by atoms with Crippen molar-refractivity contribution >= 4 is 28.4 Å². The van der Waals surface area contributed by atoms with Crippen molar-refractivity contribution in [2.75, 3.05) is 18.0 Å². The number of primary amides is 1. The van der Waals surface area contributed by atoms with Crippen LogP contribution < -0.4 is 20.7 Å². The fourth-order valence-electron chi connectivity index (χ4n) is 4.83. The smallest absolute Gasteiger partial charge is 0.250 e. The number of aromatic amines is 1. The number of carbonyl (C=O) groups is 2. The second kappa shape index (κ2) is 10.00. The van der Waals surface area contributed by atoms with Crippen LogP contribution >= 0.6 is 0 Å². The lowest BCUT2D eigenvalue weighted by Gasteiger charge is -2.35. The van der Waals surface area contributed by atoms with Gasteiger partial charge >= 0.3 is 0 Å². The van der Waals surface area contributed by atoms with E-state index < -0.39 is 5.91 Å². The Morgan fingerprint density at radius 1 is 1.06 bits per heavy atom. The molecule has 5 rings (SSSR count). The summed E-state index contributed by atoms with van der Waals surface area (Å²) in [6.07, 6.45) is 5.05. The Kier molecular flexibility index (Phi) is 6.45. The molecule has 0 unspecified atom stereocenters. The molecule has 2 heterocycles. The van der Waals surface area contributed by atoms with Gasteiger partial charge in [-0.3, -0.25) is 9.59 Å². The van der Waals surface area contributed by atoms with Gasteiger partial charge < -0.3 is 25.7 Å². The van der Waals surface area contributed by atoms with Crippen LogP contribution in [0.5, 0.6) is 11.5 Å². The molecular formula is C29H28N4O3. The van der Waals surface area contributed by atoms with E-state index in [9.17, 15) is 9.59 Å². The number of para-hydroxylation sites is 1. The highest BCUT2D eigenvalue weighted by molar-refractivity contribution is 6.13. The molecule has 7 heteroatoms. The molecule has 4 N–H and O–H groups in total. The van der Waals surface area contributed by atoms with E-state index in [0.29, 0.717) is 17.6 Å². The summed E-state index contributed by atoms with van der Waals surface area (Å²) in [4.78, 5) is 29.6. The van der Waals surface area contributed by atoms with Crippen LogP contribution in [-0.2, 0) is 4.79 Å². The van der Waals surface area contributed by atoms with Gasteiger partial charge in [-0.1, -0.05) is 36.9 Å². The van der Waals surface area contributed by atoms with Gasteiger partial charge in [-0.25, -0.2) is 0 Å². The number of nitrogens with zero attached hydrogens (tertiary/aromatic N) is 1. The summed E-state index contributed by atoms with van der Waals surface area (Å²) in [6, 6.07) is 21.2. The maximum atomic E-state index is 12.2. The lowest BCUT2D eigenvalue weighted by molar-refractivity contribution is -0.117. The van der Waals surface area contributed by atoms with Gasteiger partial charge in [0.25, 0.3) is 5.91 Å². The molecule has 182 valence electrons. The number of amides is 2. The number of aromatic nitrogens is 1. The minimum Gasteiger partial charge on any atom is -0.457 e. The molecular weight excluding hydrogens is 452 g/mol. The lowest BCUT2D eigenvalue weighted by atomic mass is 9.98. The number of rotatable bonds is 7. The molecule has 0 bridgehead atoms. The van der Waals surface area contributed by atoms with Crippen molar-refractivity contribution < 1.29 is 14.3 Å². The maximum Gasteiger partial charge on any atom is 0.250 e. The molecule has 4 aromatic rings. The van der Waals surface area contributed by atoms with Crippen LogP contribution in [-0.4, -0.2) is 35.9 Å². The highest BCUT2D eigenvalue weighted by Crippen LogP contribution is 2.39. The van der Waals surface area contributed by atoms with E-state index in [1.165, 1.54) is 6.08 Å². The molecule has 1 aliphatic heterocycles. The van der Waals surface area contributed by atoms with Crippen LogP contribution in [0.2, 0.25) is 0 Å². The van der Waals surface area contributed by atoms with Crippen LogP contribution in [0, 0.1) is 0 Å². The number of benzene rings is 3. The van der Waals surface area contributed by atoms with Gasteiger partial charge in [0.1, 0.15) is 11.5 Å². The number of fused-ring (bicyclic) bond motifs is 1. The van der Waals surface area contributed by atoms with Crippen molar-refractivity contribution in [3.63, 3.8) is 0 Å². The number of nitrogens with one attached hydrogen (secondary N) is 2. The Balaban J connectivity index is 1.51. The molecule has 36 heavy (non-hydrogen) atoms. The van der Waals surface area contributed by atoms with E-state index in [4.69, 9.17) is 10.5 Å². The number of H-pyrrole nitrogens is 1. The number of nitrogens with two attached hydrogens (primary N) is 1. The molecule has 2 amide bonds. The summed E-state index contributed by atoms with van der Waals surface area (Å²) in [5.74, 6) is 0.853. The number of piperidine rings is 1. The quantitative estimate of drug-likeness (QED) is 0.324. The van der Waals surface area contributed by atoms with Crippen molar-refractivity contribution in [3.05, 3.63) is 91.1 Å². The zero-order chi connectivity index (χ0) is 25.1. The first-order valence-corrected chi connectivity index (χ1v) is 12.0. The normalized spacial score (nSPS) is 15.4. The molecule has 1 aliphatic rings. The molecule has 1 atom stereocenters. The van der Waals surface area contributed by atoms with Gasteiger partial charge in [-0.2, -0.15) is 0 Å². The summed E-state index contributed by atoms with van der Waals surface area (Å²) in [6.45, 7) is 5.07. The molecule has 1 fully saturated rings. The SMILES string of the molecule is C=CC(=O)N[C@@H]1CCCN(c2ccc(C(N)=O)c3[nH]cc(-c4ccc(Oc5ccccc5)cc4)c23)C1. The van der Waals surface area contributed by atoms with Crippen molar-refractivity contribution in [1.82, 2.24) is 10.3 Å². The van der Waals surface area contributed by atoms with Crippen LogP contribution in [0.15, 0.2) is 85.6 Å². The van der Waals surface area contributed by atoms with E-state index in [0.717, 1.165) is 53.1 Å². The van der Waals surface area contributed by atoms with Gasteiger partial charge in [0, 0.05) is 42.0 Å². The highest BCUT2D eigenvalue weighted by Gasteiger charge is 2.25. The first-order valence-electron chi connectivity index (χ1n) is 12.0. The molecule has 1 aromatic heterocycles. The Morgan fingerprint density at radius 2 is 1.81 bits per heavy atom. The summed E-state index contributed by atoms with van der Waals surface area (Å²) >= 11 is 0. The third-order valence-electron chi connectivity index (χ3n) is 6.52. The van der Waals surface area contributed by atoms with E-state index >= 15 is 0 Å². The van der Waals surface area contributed by atoms with Crippen LogP contribution in [0.3, 0.4) is 0 Å². The second-order valence-corrected chi connectivity index (χ2v) is 8.89. The van der Waals surface area contributed by atoms with Crippen LogP contribution in [0.25, 0.3) is 22.0 Å². The van der Waals surface area contributed by atoms with Crippen molar-refractivity contribution in [2.45, 2.75) is 18.9 Å². The monoisotopic (exact) mass is 480 g/mol. The molecule has 0 saturated carbocycles. The largest absolute Gasteiger partial charge is 0.457 e. The lowest BCUT2D eigenvalue weighted by Crippen LogP contribution is -2.47. The first-order chi connectivity index (χ1) is 17.5. The van der Waals surface area contributed by atoms with E-state index in [-0.39, 0.29) is 11.9 Å². The van der Waals surface area contributed by atoms with Gasteiger partial charge in [0.2, 0.25) is 5.91 Å². The second-order valence-electron chi connectivity index (χ2n) is 8.89. The van der Waals surface area contributed by atoms with Crippen LogP contribution in [0.1, 0.15) is 23.2 Å². The Bertz CT molecular complexity index is 1410. The Morgan fingerprint density at radius 3 is 2.53 bits per heavy atom. The zero-order valence-corrected chi connectivity index (χ0v) is 19.9. The first kappa shape index (κ1) is 23.2. The average molecular weight is 481 g/mol. The number of ether oxygens (including phenoxy) is 1. The van der Waals surface area contributed by atoms with Gasteiger partial charge in [0.05, 0.1) is 11.1 Å². The predicted octanol–water partition coefficient (Wildman–Crippen LogP) is 5.00. The number of anilines is 1. The summed E-state index contributed by atoms with van der Waals surface area (Å²) in [7, 11) is 0. The fourth-order valence-corrected chi connectivity index (χ4v) is 4.83. The predicted molar refractivity (Wildman–Crippen MR) is 142 cm³/mol. The van der Waals surface area contributed by atoms with E-state index in [1.54, 1.807) is 6.07 Å². The summed E-state index contributed by atoms with van der Waals surface area (Å²) < 4.78 is 5.94. The standard InChI is InChI=1S/C29H28N4O3/c1-2-26(34)32-20-7-6-16-33(18-20)25-15-14-23(29(30)35)28-27(25)24(17-31-28)19-10-12-22(13-11-19)36-21-8-4-3-5-9-21/h2-5,8-15,17,20,31H,1,6-7,16,18H2,(H2,30,35)(H,32,34)/t20-/m1/s1. The Hall–Kier alpha value is -4.52. The number of carbonyl (C=O) groups excluding carboxylic acids is 2. The minimum atomic E-state index is -0.485. The Labute approximate surface area is 209 Å². The average Bonchev–Trinajstić information content (AvgIpc) is 3.34. The van der Waals surface area contributed by atoms with Crippen molar-refractivity contribution in [2.24, 2.45) is 5.73 Å². The molecule has 7 nitrogen and oxygen atoms in total. The van der Waals surface area contributed by atoms with Gasteiger partial charge in [0.15, 0.2) is 0 Å². The molecule has 0 radical (unpaired) electrons. The summed E-state index contributed by atoms with van der Waals surface area (Å²) in [5, 5.41) is 3.95. The van der Waals surface area contributed by atoms with Crippen molar-refractivity contribution in [1.29, 1.82) is 0 Å². The molecule has 0 spiro atoms. The summed E-state index contributed by atoms with van der Waals surface area (Å²) in [5.41, 5.74) is 9.79. The van der Waals surface area contributed by atoms with E-state index in [1.807, 2.05) is 66.9 Å². The van der Waals surface area contributed by atoms with E-state index in [2.05, 4.69) is 21.8 Å². The number of hydrogen-bond acceptors (Lipinski definition) is 4. The number of hydrogen-bond donors (Lipinski definition) is 3. The highest BCUT2D eigenvalue weighted by atomic mass is 16.5. The molecule has 3 aromatic carbocycles. The van der Waals surface area contributed by atoms with Gasteiger partial charge in [-0.05, 0) is 60.9 Å². The van der Waals surface area contributed by atoms with Gasteiger partial charge in [-0.15, -0.1) is 0 Å². The third-order valence-corrected chi connectivity index (χ3v) is 6.52. The topological polar surface area (TPSA) is 100 Å². The minimum absolute atomic E-state index is 0.0203. The fraction of sp³-hybridized carbons (Fsp3) is 0.172. The van der Waals surface area contributed by atoms with Crippen LogP contribution in [0.4, 0.5) is 5.69 Å². The molecule has 0 aliphatic carbocycles. The maximum absolute atomic E-state index is 12.2. The molecule has 1 saturated heterocycles. The zero-order valence-electron chi connectivity index (χ0n) is 19.9.